The first-order valence-electron chi connectivity index (χ1n) is 6.70. The maximum Gasteiger partial charge on any atom is 0.314 e. The molecule has 2 amide bonds. The van der Waals surface area contributed by atoms with Gasteiger partial charge >= 0.3 is 12.0 Å². The molecule has 0 aliphatic rings. The molecule has 3 N–H and O–H groups in total. The molecule has 116 valence electrons. The number of aliphatic carboxylic acids is 1. The second-order valence-corrected chi connectivity index (χ2v) is 4.77. The number of urea groups is 1. The van der Waals surface area contributed by atoms with Gasteiger partial charge in [-0.15, -0.1) is 0 Å². The molecular weight excluding hydrogens is 296 g/mol. The van der Waals surface area contributed by atoms with Crippen molar-refractivity contribution in [3.63, 3.8) is 0 Å². The van der Waals surface area contributed by atoms with Gasteiger partial charge in [0.1, 0.15) is 5.75 Å². The number of carbonyl (C=O) groups is 2. The average molecular weight is 315 g/mol. The molecule has 21 heavy (non-hydrogen) atoms. The van der Waals surface area contributed by atoms with E-state index < -0.39 is 5.97 Å². The predicted octanol–water partition coefficient (Wildman–Crippen LogP) is 2.27. The molecule has 7 heteroatoms. The summed E-state index contributed by atoms with van der Waals surface area (Å²) in [5, 5.41) is 14.2. The van der Waals surface area contributed by atoms with Crippen LogP contribution < -0.4 is 15.4 Å². The number of ether oxygens (including phenoxy) is 1. The molecule has 0 radical (unpaired) electrons. The zero-order valence-corrected chi connectivity index (χ0v) is 12.4. The van der Waals surface area contributed by atoms with Crippen LogP contribution in [0.1, 0.15) is 19.3 Å². The molecule has 0 spiro atoms. The van der Waals surface area contributed by atoms with E-state index >= 15 is 0 Å². The maximum atomic E-state index is 11.3. The zero-order valence-electron chi connectivity index (χ0n) is 11.6. The van der Waals surface area contributed by atoms with E-state index in [1.54, 1.807) is 24.3 Å². The van der Waals surface area contributed by atoms with Gasteiger partial charge in [-0.25, -0.2) is 4.79 Å². The quantitative estimate of drug-likeness (QED) is 0.610. The predicted molar refractivity (Wildman–Crippen MR) is 79.8 cm³/mol. The highest BCUT2D eigenvalue weighted by atomic mass is 35.5. The summed E-state index contributed by atoms with van der Waals surface area (Å²) in [6, 6.07) is 6.78. The summed E-state index contributed by atoms with van der Waals surface area (Å²) < 4.78 is 5.51. The third-order valence-corrected chi connectivity index (χ3v) is 2.82. The lowest BCUT2D eigenvalue weighted by Gasteiger charge is -2.08. The minimum Gasteiger partial charge on any atom is -0.494 e. The molecule has 0 unspecified atom stereocenters. The van der Waals surface area contributed by atoms with Crippen LogP contribution in [0, 0.1) is 0 Å². The Hall–Kier alpha value is -1.95. The number of hydrogen-bond donors (Lipinski definition) is 3. The number of carbonyl (C=O) groups excluding carboxylic acids is 1. The van der Waals surface area contributed by atoms with Gasteiger partial charge < -0.3 is 20.5 Å². The fraction of sp³-hybridized carbons (Fsp3) is 0.429. The third kappa shape index (κ3) is 8.75. The van der Waals surface area contributed by atoms with Crippen molar-refractivity contribution < 1.29 is 19.4 Å². The monoisotopic (exact) mass is 314 g/mol. The zero-order chi connectivity index (χ0) is 15.5. The van der Waals surface area contributed by atoms with Crippen LogP contribution in [0.2, 0.25) is 5.02 Å². The van der Waals surface area contributed by atoms with Crippen molar-refractivity contribution in [3.05, 3.63) is 29.3 Å². The summed E-state index contributed by atoms with van der Waals surface area (Å²) in [7, 11) is 0. The highest BCUT2D eigenvalue weighted by molar-refractivity contribution is 6.30. The minimum atomic E-state index is -0.936. The van der Waals surface area contributed by atoms with E-state index in [1.807, 2.05) is 0 Å². The van der Waals surface area contributed by atoms with E-state index in [0.717, 1.165) is 18.6 Å². The number of carboxylic acid groups (broad SMARTS) is 1. The molecule has 1 aromatic carbocycles. The van der Waals surface area contributed by atoms with Gasteiger partial charge in [-0.05, 0) is 37.1 Å². The largest absolute Gasteiger partial charge is 0.494 e. The molecular formula is C14H19ClN2O4. The van der Waals surface area contributed by atoms with E-state index in [-0.39, 0.29) is 19.0 Å². The topological polar surface area (TPSA) is 87.7 Å². The van der Waals surface area contributed by atoms with E-state index in [9.17, 15) is 9.59 Å². The van der Waals surface area contributed by atoms with Crippen molar-refractivity contribution in [1.82, 2.24) is 10.6 Å². The fourth-order valence-electron chi connectivity index (χ4n) is 1.50. The SMILES string of the molecule is O=C(O)CCNC(=O)NCCCCOc1ccc(Cl)cc1. The van der Waals surface area contributed by atoms with E-state index in [1.165, 1.54) is 0 Å². The highest BCUT2D eigenvalue weighted by Crippen LogP contribution is 2.15. The molecule has 0 aliphatic heterocycles. The number of rotatable bonds is 9. The first-order chi connectivity index (χ1) is 10.1. The first-order valence-corrected chi connectivity index (χ1v) is 7.07. The number of carboxylic acids is 1. The highest BCUT2D eigenvalue weighted by Gasteiger charge is 2.01. The van der Waals surface area contributed by atoms with Crippen LogP contribution >= 0.6 is 11.6 Å². The lowest BCUT2D eigenvalue weighted by atomic mass is 10.3. The third-order valence-electron chi connectivity index (χ3n) is 2.56. The van der Waals surface area contributed by atoms with E-state index in [4.69, 9.17) is 21.4 Å². The molecule has 1 rings (SSSR count). The second kappa shape index (κ2) is 9.88. The van der Waals surface area contributed by atoms with Crippen LogP contribution in [0.3, 0.4) is 0 Å². The van der Waals surface area contributed by atoms with Crippen LogP contribution in [0.25, 0.3) is 0 Å². The maximum absolute atomic E-state index is 11.3. The van der Waals surface area contributed by atoms with Gasteiger partial charge in [0.2, 0.25) is 0 Å². The van der Waals surface area contributed by atoms with Gasteiger partial charge in [0.05, 0.1) is 13.0 Å². The van der Waals surface area contributed by atoms with Gasteiger partial charge in [0.15, 0.2) is 0 Å². The lowest BCUT2D eigenvalue weighted by Crippen LogP contribution is -2.37. The number of nitrogens with one attached hydrogen (secondary N) is 2. The summed E-state index contributed by atoms with van der Waals surface area (Å²) in [6.07, 6.45) is 1.50. The molecule has 0 atom stereocenters. The molecule has 0 heterocycles. The van der Waals surface area contributed by atoms with Gasteiger partial charge in [-0.1, -0.05) is 11.6 Å². The smallest absolute Gasteiger partial charge is 0.314 e. The van der Waals surface area contributed by atoms with E-state index in [0.29, 0.717) is 18.2 Å². The van der Waals surface area contributed by atoms with Crippen molar-refractivity contribution in [3.8, 4) is 5.75 Å². The Balaban J connectivity index is 1.98. The molecule has 0 saturated carbocycles. The van der Waals surface area contributed by atoms with Gasteiger partial charge in [-0.3, -0.25) is 4.79 Å². The molecule has 6 nitrogen and oxygen atoms in total. The Bertz CT molecular complexity index is 451. The number of unbranched alkanes of at least 4 members (excludes halogenated alkanes) is 1. The number of amides is 2. The van der Waals surface area contributed by atoms with Gasteiger partial charge in [-0.2, -0.15) is 0 Å². The number of hydrogen-bond acceptors (Lipinski definition) is 3. The summed E-state index contributed by atoms with van der Waals surface area (Å²) >= 11 is 5.76. The van der Waals surface area contributed by atoms with Crippen LogP contribution in [0.4, 0.5) is 4.79 Å². The summed E-state index contributed by atoms with van der Waals surface area (Å²) in [4.78, 5) is 21.5. The minimum absolute atomic E-state index is 0.0810. The molecule has 0 aromatic heterocycles. The number of benzene rings is 1. The Morgan fingerprint density at radius 2 is 1.76 bits per heavy atom. The Morgan fingerprint density at radius 1 is 1.10 bits per heavy atom. The normalized spacial score (nSPS) is 9.95. The first kappa shape index (κ1) is 17.1. The van der Waals surface area contributed by atoms with Crippen molar-refractivity contribution in [2.24, 2.45) is 0 Å². The number of halogens is 1. The average Bonchev–Trinajstić information content (AvgIpc) is 2.44. The lowest BCUT2D eigenvalue weighted by molar-refractivity contribution is -0.136. The molecule has 0 aliphatic carbocycles. The van der Waals surface area contributed by atoms with Gasteiger partial charge in [0, 0.05) is 18.1 Å². The van der Waals surface area contributed by atoms with Crippen molar-refractivity contribution in [1.29, 1.82) is 0 Å². The molecule has 0 saturated heterocycles. The van der Waals surface area contributed by atoms with Crippen LogP contribution in [-0.4, -0.2) is 36.8 Å². The summed E-state index contributed by atoms with van der Waals surface area (Å²) in [5.41, 5.74) is 0. The summed E-state index contributed by atoms with van der Waals surface area (Å²) in [5.74, 6) is -0.173. The Labute approximate surface area is 128 Å². The van der Waals surface area contributed by atoms with Gasteiger partial charge in [0.25, 0.3) is 0 Å². The van der Waals surface area contributed by atoms with Crippen molar-refractivity contribution >= 4 is 23.6 Å². The molecule has 0 fully saturated rings. The van der Waals surface area contributed by atoms with Crippen molar-refractivity contribution in [2.45, 2.75) is 19.3 Å². The molecule has 0 bridgehead atoms. The second-order valence-electron chi connectivity index (χ2n) is 4.34. The van der Waals surface area contributed by atoms with E-state index in [2.05, 4.69) is 10.6 Å². The summed E-state index contributed by atoms with van der Waals surface area (Å²) in [6.45, 7) is 1.20. The Kier molecular flexibility index (Phi) is 8.04. The standard InChI is InChI=1S/C14H19ClN2O4/c15-11-3-5-12(6-4-11)21-10-2-1-8-16-14(20)17-9-7-13(18)19/h3-6H,1-2,7-10H2,(H,18,19)(H2,16,17,20). The van der Waals surface area contributed by atoms with Crippen LogP contribution in [0.15, 0.2) is 24.3 Å². The van der Waals surface area contributed by atoms with Crippen LogP contribution in [0.5, 0.6) is 5.75 Å². The Morgan fingerprint density at radius 3 is 2.43 bits per heavy atom. The van der Waals surface area contributed by atoms with Crippen molar-refractivity contribution in [2.75, 3.05) is 19.7 Å². The molecule has 1 aromatic rings. The van der Waals surface area contributed by atoms with Crippen LogP contribution in [-0.2, 0) is 4.79 Å². The fourth-order valence-corrected chi connectivity index (χ4v) is 1.62.